The van der Waals surface area contributed by atoms with Gasteiger partial charge < -0.3 is 30.5 Å². The number of ether oxygens (including phenoxy) is 2. The van der Waals surface area contributed by atoms with Crippen molar-refractivity contribution in [2.75, 3.05) is 65.0 Å². The summed E-state index contributed by atoms with van der Waals surface area (Å²) in [6, 6.07) is 20.0. The highest BCUT2D eigenvalue weighted by atomic mass is 19.4. The number of anilines is 1. The van der Waals surface area contributed by atoms with Gasteiger partial charge in [-0.15, -0.1) is 0 Å². The molecule has 14 heteroatoms. The minimum atomic E-state index is -4.25. The van der Waals surface area contributed by atoms with Crippen LogP contribution in [0.3, 0.4) is 0 Å². The Morgan fingerprint density at radius 1 is 0.980 bits per heavy atom. The minimum absolute atomic E-state index is 0.105. The van der Waals surface area contributed by atoms with Gasteiger partial charge in [0.15, 0.2) is 0 Å². The topological polar surface area (TPSA) is 142 Å². The number of alkyl halides is 3. The number of hydrogen-bond donors (Lipinski definition) is 4. The molecule has 0 radical (unpaired) electrons. The molecule has 2 amide bonds. The first-order valence-corrected chi connectivity index (χ1v) is 16.2. The van der Waals surface area contributed by atoms with Crippen molar-refractivity contribution in [3.05, 3.63) is 113 Å². The molecule has 0 spiro atoms. The monoisotopic (exact) mass is 707 g/mol. The number of halogens is 3. The Bertz CT molecular complexity index is 1760. The number of carbonyl (C=O) groups is 3. The fourth-order valence-corrected chi connectivity index (χ4v) is 5.08. The number of carbonyl (C=O) groups excluding carboxylic acids is 3. The quantitative estimate of drug-likeness (QED) is 0.146. The minimum Gasteiger partial charge on any atom is -0.491 e. The van der Waals surface area contributed by atoms with Gasteiger partial charge in [0.25, 0.3) is 11.8 Å². The zero-order valence-corrected chi connectivity index (χ0v) is 28.0. The van der Waals surface area contributed by atoms with E-state index in [0.717, 1.165) is 31.8 Å². The molecule has 0 aliphatic carbocycles. The van der Waals surface area contributed by atoms with Gasteiger partial charge in [0.2, 0.25) is 0 Å². The van der Waals surface area contributed by atoms with Crippen LogP contribution in [0.5, 0.6) is 5.75 Å². The van der Waals surface area contributed by atoms with Gasteiger partial charge in [-0.2, -0.15) is 13.2 Å². The van der Waals surface area contributed by atoms with Gasteiger partial charge in [0.05, 0.1) is 36.8 Å². The van der Waals surface area contributed by atoms with Crippen molar-refractivity contribution in [2.24, 2.45) is 0 Å². The van der Waals surface area contributed by atoms with E-state index in [1.54, 1.807) is 67.7 Å². The molecule has 5 rings (SSSR count). The molecule has 4 aromatic rings. The van der Waals surface area contributed by atoms with Crippen molar-refractivity contribution in [2.45, 2.75) is 12.7 Å². The number of aldehydes is 1. The van der Waals surface area contributed by atoms with Gasteiger partial charge in [-0.3, -0.25) is 24.3 Å². The van der Waals surface area contributed by atoms with Crippen LogP contribution in [0.4, 0.5) is 18.9 Å². The van der Waals surface area contributed by atoms with Crippen LogP contribution in [-0.4, -0.2) is 92.7 Å². The zero-order chi connectivity index (χ0) is 36.6. The number of benzene rings is 3. The van der Waals surface area contributed by atoms with Gasteiger partial charge in [0, 0.05) is 61.2 Å². The average molecular weight is 708 g/mol. The lowest BCUT2D eigenvalue weighted by atomic mass is 10.1. The van der Waals surface area contributed by atoms with Gasteiger partial charge >= 0.3 is 6.18 Å². The van der Waals surface area contributed by atoms with Gasteiger partial charge in [-0.1, -0.05) is 24.3 Å². The van der Waals surface area contributed by atoms with E-state index in [0.29, 0.717) is 77.5 Å². The van der Waals surface area contributed by atoms with Crippen LogP contribution >= 0.6 is 0 Å². The third kappa shape index (κ3) is 12.0. The smallest absolute Gasteiger partial charge is 0.416 e. The van der Waals surface area contributed by atoms with Gasteiger partial charge in [0.1, 0.15) is 18.6 Å². The first kappa shape index (κ1) is 38.6. The summed E-state index contributed by atoms with van der Waals surface area (Å²) in [7, 11) is 1.69. The fourth-order valence-electron chi connectivity index (χ4n) is 5.08. The zero-order valence-electron chi connectivity index (χ0n) is 28.0. The predicted molar refractivity (Wildman–Crippen MR) is 186 cm³/mol. The number of aliphatic hydroxyl groups excluding tert-OH is 1. The first-order valence-electron chi connectivity index (χ1n) is 16.2. The fraction of sp³-hybridized carbons (Fsp3) is 0.297. The Hall–Kier alpha value is -5.15. The second-order valence-corrected chi connectivity index (χ2v) is 11.3. The summed E-state index contributed by atoms with van der Waals surface area (Å²) < 4.78 is 47.4. The third-order valence-corrected chi connectivity index (χ3v) is 7.63. The first-order chi connectivity index (χ1) is 24.6. The second-order valence-electron chi connectivity index (χ2n) is 11.3. The average Bonchev–Trinajstić information content (AvgIpc) is 3.15. The van der Waals surface area contributed by atoms with Crippen LogP contribution in [0.25, 0.3) is 11.3 Å². The molecule has 51 heavy (non-hydrogen) atoms. The molecule has 0 saturated carbocycles. The van der Waals surface area contributed by atoms with E-state index < -0.39 is 17.6 Å². The molecule has 3 aromatic carbocycles. The molecular weight excluding hydrogens is 667 g/mol. The molecule has 270 valence electrons. The summed E-state index contributed by atoms with van der Waals surface area (Å²) in [6.07, 6.45) is -2.02. The van der Waals surface area contributed by atoms with E-state index in [4.69, 9.17) is 14.6 Å². The molecule has 4 N–H and O–H groups in total. The molecule has 1 fully saturated rings. The molecule has 0 unspecified atom stereocenters. The van der Waals surface area contributed by atoms with Crippen molar-refractivity contribution in [1.29, 1.82) is 0 Å². The maximum Gasteiger partial charge on any atom is 0.416 e. The number of nitrogens with zero attached hydrogens (tertiary/aromatic N) is 2. The highest BCUT2D eigenvalue weighted by molar-refractivity contribution is 6.07. The number of nitrogens with one attached hydrogen (secondary N) is 3. The molecule has 1 aromatic heterocycles. The maximum atomic E-state index is 13.2. The van der Waals surface area contributed by atoms with Crippen LogP contribution in [0.1, 0.15) is 42.2 Å². The standard InChI is InChI=1S/C28H30N4O6.C9H10F3N/c33-12-15-38-23-4-5-25(24(18-23)26-16-20(19-34)6-7-29-26)31-28(36)22-3-1-2-21(17-22)27(35)30-8-9-32-10-13-37-14-11-32;1-13-6-7-3-2-4-8(5-7)9(10,11)12/h1-7,16-19,33H,8-15H2,(H,30,35)(H,31,36);2-5,13H,6H2,1H3. The largest absolute Gasteiger partial charge is 0.491 e. The van der Waals surface area contributed by atoms with Crippen LogP contribution in [0.2, 0.25) is 0 Å². The van der Waals surface area contributed by atoms with Crippen molar-refractivity contribution >= 4 is 23.8 Å². The molecule has 1 saturated heterocycles. The number of hydrogen-bond acceptors (Lipinski definition) is 9. The summed E-state index contributed by atoms with van der Waals surface area (Å²) in [4.78, 5) is 43.7. The van der Waals surface area contributed by atoms with Crippen molar-refractivity contribution in [1.82, 2.24) is 20.5 Å². The number of pyridine rings is 1. The Balaban J connectivity index is 0.000000378. The lowest BCUT2D eigenvalue weighted by Crippen LogP contribution is -2.41. The lowest BCUT2D eigenvalue weighted by Gasteiger charge is -2.26. The summed E-state index contributed by atoms with van der Waals surface area (Å²) >= 11 is 0. The second kappa shape index (κ2) is 19.3. The Labute approximate surface area is 293 Å². The van der Waals surface area contributed by atoms with E-state index in [1.807, 2.05) is 0 Å². The van der Waals surface area contributed by atoms with Crippen molar-refractivity contribution < 1.29 is 42.1 Å². The highest BCUT2D eigenvalue weighted by Gasteiger charge is 2.30. The van der Waals surface area contributed by atoms with Crippen molar-refractivity contribution in [3.8, 4) is 17.0 Å². The predicted octanol–water partition coefficient (Wildman–Crippen LogP) is 4.67. The maximum absolute atomic E-state index is 13.2. The summed E-state index contributed by atoms with van der Waals surface area (Å²) in [5.74, 6) is -0.195. The normalized spacial score (nSPS) is 13.0. The number of amides is 2. The summed E-state index contributed by atoms with van der Waals surface area (Å²) in [6.45, 7) is 4.72. The van der Waals surface area contributed by atoms with Crippen LogP contribution in [0.15, 0.2) is 85.1 Å². The van der Waals surface area contributed by atoms with Crippen molar-refractivity contribution in [3.63, 3.8) is 0 Å². The van der Waals surface area contributed by atoms with E-state index in [9.17, 15) is 27.6 Å². The Morgan fingerprint density at radius 2 is 1.73 bits per heavy atom. The lowest BCUT2D eigenvalue weighted by molar-refractivity contribution is -0.137. The van der Waals surface area contributed by atoms with Crippen LogP contribution < -0.4 is 20.7 Å². The SMILES string of the molecule is CNCc1cccc(C(F)(F)F)c1.O=Cc1ccnc(-c2cc(OCCO)ccc2NC(=O)c2cccc(C(=O)NCCN3CCOCC3)c2)c1. The summed E-state index contributed by atoms with van der Waals surface area (Å²) in [5, 5.41) is 17.7. The van der Waals surface area contributed by atoms with Crippen LogP contribution in [-0.2, 0) is 17.5 Å². The third-order valence-electron chi connectivity index (χ3n) is 7.63. The van der Waals surface area contributed by atoms with E-state index in [-0.39, 0.29) is 19.1 Å². The molecule has 2 heterocycles. The molecule has 1 aliphatic heterocycles. The van der Waals surface area contributed by atoms with E-state index in [2.05, 4.69) is 25.8 Å². The van der Waals surface area contributed by atoms with E-state index >= 15 is 0 Å². The van der Waals surface area contributed by atoms with E-state index in [1.165, 1.54) is 12.3 Å². The number of aromatic nitrogens is 1. The molecule has 0 atom stereocenters. The number of morpholine rings is 1. The molecule has 0 bridgehead atoms. The highest BCUT2D eigenvalue weighted by Crippen LogP contribution is 2.32. The Morgan fingerprint density at radius 3 is 2.43 bits per heavy atom. The van der Waals surface area contributed by atoms with Crippen LogP contribution in [0, 0.1) is 0 Å². The number of rotatable bonds is 13. The Kier molecular flexibility index (Phi) is 14.6. The number of aliphatic hydroxyl groups is 1. The van der Waals surface area contributed by atoms with Gasteiger partial charge in [-0.05, 0) is 67.2 Å². The molecular formula is C37H40F3N5O6. The van der Waals surface area contributed by atoms with Gasteiger partial charge in [-0.25, -0.2) is 0 Å². The molecule has 1 aliphatic rings. The summed E-state index contributed by atoms with van der Waals surface area (Å²) in [5.41, 5.74) is 2.61. The molecule has 11 nitrogen and oxygen atoms in total.